The second-order valence-electron chi connectivity index (χ2n) is 8.76. The zero-order valence-corrected chi connectivity index (χ0v) is 19.5. The SMILES string of the molecule is CC(C)CN(CCC(=O)NCCN1CCOCC1)c1nc(-c2ccco2)nc2ccccc12. The van der Waals surface area contributed by atoms with Crippen molar-refractivity contribution in [2.24, 2.45) is 5.92 Å². The lowest BCUT2D eigenvalue weighted by molar-refractivity contribution is -0.121. The van der Waals surface area contributed by atoms with Gasteiger partial charge in [-0.3, -0.25) is 9.69 Å². The van der Waals surface area contributed by atoms with Gasteiger partial charge >= 0.3 is 0 Å². The fourth-order valence-corrected chi connectivity index (χ4v) is 4.04. The predicted molar refractivity (Wildman–Crippen MR) is 129 cm³/mol. The molecule has 1 aliphatic rings. The average Bonchev–Trinajstić information content (AvgIpc) is 3.37. The van der Waals surface area contributed by atoms with Crippen molar-refractivity contribution in [3.63, 3.8) is 0 Å². The molecule has 1 fully saturated rings. The van der Waals surface area contributed by atoms with E-state index in [0.29, 0.717) is 37.0 Å². The Bertz CT molecular complexity index is 1030. The Morgan fingerprint density at radius 3 is 2.73 bits per heavy atom. The Balaban J connectivity index is 1.47. The molecule has 4 rings (SSSR count). The molecule has 0 bridgehead atoms. The molecule has 1 aliphatic heterocycles. The van der Waals surface area contributed by atoms with Crippen molar-refractivity contribution in [2.45, 2.75) is 20.3 Å². The Hall–Kier alpha value is -2.97. The third-order valence-electron chi connectivity index (χ3n) is 5.67. The van der Waals surface area contributed by atoms with Crippen LogP contribution in [0.3, 0.4) is 0 Å². The van der Waals surface area contributed by atoms with Crippen molar-refractivity contribution in [2.75, 3.05) is 57.4 Å². The lowest BCUT2D eigenvalue weighted by atomic mass is 10.1. The summed E-state index contributed by atoms with van der Waals surface area (Å²) in [6, 6.07) is 11.7. The van der Waals surface area contributed by atoms with Gasteiger partial charge in [-0.05, 0) is 30.2 Å². The number of aromatic nitrogens is 2. The predicted octanol–water partition coefficient (Wildman–Crippen LogP) is 3.19. The van der Waals surface area contributed by atoms with Gasteiger partial charge < -0.3 is 19.4 Å². The van der Waals surface area contributed by atoms with Crippen molar-refractivity contribution < 1.29 is 13.9 Å². The van der Waals surface area contributed by atoms with Crippen molar-refractivity contribution >= 4 is 22.6 Å². The van der Waals surface area contributed by atoms with Crippen LogP contribution < -0.4 is 10.2 Å². The fraction of sp³-hybridized carbons (Fsp3) is 0.480. The van der Waals surface area contributed by atoms with Crippen molar-refractivity contribution in [1.29, 1.82) is 0 Å². The molecule has 8 heteroatoms. The van der Waals surface area contributed by atoms with E-state index in [2.05, 4.69) is 29.0 Å². The van der Waals surface area contributed by atoms with E-state index in [0.717, 1.165) is 56.1 Å². The van der Waals surface area contributed by atoms with Gasteiger partial charge in [0.05, 0.1) is 25.0 Å². The monoisotopic (exact) mass is 451 g/mol. The number of morpholine rings is 1. The van der Waals surface area contributed by atoms with Gasteiger partial charge in [-0.2, -0.15) is 0 Å². The molecule has 3 aromatic rings. The molecule has 33 heavy (non-hydrogen) atoms. The average molecular weight is 452 g/mol. The number of carbonyl (C=O) groups excluding carboxylic acids is 1. The lowest BCUT2D eigenvalue weighted by Crippen LogP contribution is -2.42. The molecule has 0 radical (unpaired) electrons. The summed E-state index contributed by atoms with van der Waals surface area (Å²) >= 11 is 0. The Kier molecular flexibility index (Phi) is 7.91. The number of ether oxygens (including phenoxy) is 1. The molecule has 1 N–H and O–H groups in total. The van der Waals surface area contributed by atoms with Gasteiger partial charge in [-0.15, -0.1) is 0 Å². The highest BCUT2D eigenvalue weighted by Gasteiger charge is 2.19. The molecule has 1 amide bonds. The van der Waals surface area contributed by atoms with Crippen molar-refractivity contribution in [3.8, 4) is 11.6 Å². The molecule has 3 heterocycles. The van der Waals surface area contributed by atoms with Gasteiger partial charge in [0, 0.05) is 51.1 Å². The third-order valence-corrected chi connectivity index (χ3v) is 5.67. The Morgan fingerprint density at radius 2 is 1.97 bits per heavy atom. The van der Waals surface area contributed by atoms with Crippen LogP contribution in [0.2, 0.25) is 0 Å². The van der Waals surface area contributed by atoms with E-state index in [-0.39, 0.29) is 5.91 Å². The van der Waals surface area contributed by atoms with E-state index in [9.17, 15) is 4.79 Å². The first-order chi connectivity index (χ1) is 16.1. The number of anilines is 1. The lowest BCUT2D eigenvalue weighted by Gasteiger charge is -2.27. The molecule has 1 aromatic carbocycles. The number of amides is 1. The number of para-hydroxylation sites is 1. The molecule has 1 saturated heterocycles. The van der Waals surface area contributed by atoms with Gasteiger partial charge in [0.15, 0.2) is 11.6 Å². The normalized spacial score (nSPS) is 14.6. The van der Waals surface area contributed by atoms with Gasteiger partial charge in [0.2, 0.25) is 5.91 Å². The van der Waals surface area contributed by atoms with Crippen LogP contribution in [0.4, 0.5) is 5.82 Å². The fourth-order valence-electron chi connectivity index (χ4n) is 4.04. The number of hydrogen-bond donors (Lipinski definition) is 1. The number of benzene rings is 1. The van der Waals surface area contributed by atoms with E-state index in [4.69, 9.17) is 19.1 Å². The smallest absolute Gasteiger partial charge is 0.221 e. The van der Waals surface area contributed by atoms with Gasteiger partial charge in [-0.25, -0.2) is 9.97 Å². The molecule has 2 aromatic heterocycles. The minimum atomic E-state index is 0.0571. The number of nitrogens with one attached hydrogen (secondary N) is 1. The largest absolute Gasteiger partial charge is 0.461 e. The van der Waals surface area contributed by atoms with Crippen LogP contribution in [0.25, 0.3) is 22.5 Å². The van der Waals surface area contributed by atoms with Gasteiger partial charge in [0.25, 0.3) is 0 Å². The second kappa shape index (κ2) is 11.2. The zero-order valence-electron chi connectivity index (χ0n) is 19.5. The van der Waals surface area contributed by atoms with E-state index in [1.807, 2.05) is 36.4 Å². The number of hydrogen-bond acceptors (Lipinski definition) is 7. The van der Waals surface area contributed by atoms with Gasteiger partial charge in [0.1, 0.15) is 5.82 Å². The number of fused-ring (bicyclic) bond motifs is 1. The van der Waals surface area contributed by atoms with Crippen LogP contribution in [0.15, 0.2) is 47.1 Å². The number of nitrogens with zero attached hydrogens (tertiary/aromatic N) is 4. The summed E-state index contributed by atoms with van der Waals surface area (Å²) in [5.41, 5.74) is 0.859. The van der Waals surface area contributed by atoms with Crippen LogP contribution in [0, 0.1) is 5.92 Å². The van der Waals surface area contributed by atoms with E-state index in [1.54, 1.807) is 6.26 Å². The highest BCUT2D eigenvalue weighted by Crippen LogP contribution is 2.28. The number of rotatable bonds is 10. The van der Waals surface area contributed by atoms with E-state index < -0.39 is 0 Å². The first kappa shape index (κ1) is 23.2. The molecule has 8 nitrogen and oxygen atoms in total. The standard InChI is InChI=1S/C25H33N5O3/c1-19(2)18-30(11-9-23(31)26-10-12-29-13-16-32-17-14-29)25-20-6-3-4-7-21(20)27-24(28-25)22-8-5-15-33-22/h3-8,15,19H,9-14,16-18H2,1-2H3,(H,26,31). The van der Waals surface area contributed by atoms with Crippen LogP contribution in [0.1, 0.15) is 20.3 Å². The summed E-state index contributed by atoms with van der Waals surface area (Å²) in [5, 5.41) is 4.04. The molecule has 0 aliphatic carbocycles. The summed E-state index contributed by atoms with van der Waals surface area (Å²) < 4.78 is 10.9. The summed E-state index contributed by atoms with van der Waals surface area (Å²) in [7, 11) is 0. The van der Waals surface area contributed by atoms with Crippen LogP contribution >= 0.6 is 0 Å². The molecular formula is C25H33N5O3. The molecule has 0 atom stereocenters. The summed E-state index contributed by atoms with van der Waals surface area (Å²) in [6.07, 6.45) is 2.03. The molecule has 0 unspecified atom stereocenters. The Labute approximate surface area is 194 Å². The molecule has 0 spiro atoms. The van der Waals surface area contributed by atoms with Crippen LogP contribution in [-0.4, -0.2) is 73.3 Å². The molecule has 0 saturated carbocycles. The van der Waals surface area contributed by atoms with E-state index >= 15 is 0 Å². The van der Waals surface area contributed by atoms with Crippen molar-refractivity contribution in [3.05, 3.63) is 42.7 Å². The maximum absolute atomic E-state index is 12.6. The Morgan fingerprint density at radius 1 is 1.15 bits per heavy atom. The molecule has 176 valence electrons. The first-order valence-electron chi connectivity index (χ1n) is 11.7. The first-order valence-corrected chi connectivity index (χ1v) is 11.7. The zero-order chi connectivity index (χ0) is 23.0. The van der Waals surface area contributed by atoms with Gasteiger partial charge in [-0.1, -0.05) is 26.0 Å². The summed E-state index contributed by atoms with van der Waals surface area (Å²) in [6.45, 7) is 10.6. The quantitative estimate of drug-likeness (QED) is 0.507. The molecular weight excluding hydrogens is 418 g/mol. The minimum absolute atomic E-state index is 0.0571. The minimum Gasteiger partial charge on any atom is -0.461 e. The van der Waals surface area contributed by atoms with E-state index in [1.165, 1.54) is 0 Å². The topological polar surface area (TPSA) is 83.7 Å². The summed E-state index contributed by atoms with van der Waals surface area (Å²) in [4.78, 5) is 26.7. The number of furan rings is 1. The maximum atomic E-state index is 12.6. The third kappa shape index (κ3) is 6.30. The maximum Gasteiger partial charge on any atom is 0.221 e. The highest BCUT2D eigenvalue weighted by molar-refractivity contribution is 5.91. The summed E-state index contributed by atoms with van der Waals surface area (Å²) in [5.74, 6) is 2.49. The second-order valence-corrected chi connectivity index (χ2v) is 8.76. The van der Waals surface area contributed by atoms with Crippen molar-refractivity contribution in [1.82, 2.24) is 20.2 Å². The number of carbonyl (C=O) groups is 1. The van der Waals surface area contributed by atoms with Crippen LogP contribution in [0.5, 0.6) is 0 Å². The highest BCUT2D eigenvalue weighted by atomic mass is 16.5. The van der Waals surface area contributed by atoms with Crippen LogP contribution in [-0.2, 0) is 9.53 Å².